The van der Waals surface area contributed by atoms with E-state index in [0.717, 1.165) is 12.3 Å². The van der Waals surface area contributed by atoms with Gasteiger partial charge in [-0.15, -0.1) is 12.4 Å². The first-order valence-corrected chi connectivity index (χ1v) is 8.77. The number of fused-ring (bicyclic) bond motifs is 1. The molecule has 0 heterocycles. The van der Waals surface area contributed by atoms with Crippen LogP contribution in [0.3, 0.4) is 0 Å². The number of phenolic OH excluding ortho intramolecular Hbond substituents is 1. The van der Waals surface area contributed by atoms with Crippen LogP contribution in [0.2, 0.25) is 0 Å². The standard InChI is InChI=1S/C9H4O4.C7H10N2O2S.ClH.H2O/c10-4-1-2-5-6(3-4)8(12)9(13)7(5)11;1-12(10,11)7-4-2-6(9-8)3-5-7;;/h1-3,10H;2-5,9H,8H2,1H3;1H;1H2. The van der Waals surface area contributed by atoms with E-state index in [0.29, 0.717) is 10.6 Å². The molecule has 0 amide bonds. The van der Waals surface area contributed by atoms with Crippen LogP contribution >= 0.6 is 12.4 Å². The lowest BCUT2D eigenvalue weighted by atomic mass is 10.2. The van der Waals surface area contributed by atoms with Gasteiger partial charge in [0, 0.05) is 22.7 Å². The maximum atomic E-state index is 11.1. The minimum atomic E-state index is -3.10. The number of nitrogens with two attached hydrogens (primary N) is 1. The predicted octanol–water partition coefficient (Wildman–Crippen LogP) is -0.526. The molecule has 0 bridgehead atoms. The van der Waals surface area contributed by atoms with Crippen molar-refractivity contribution in [3.63, 3.8) is 0 Å². The highest BCUT2D eigenvalue weighted by Crippen LogP contribution is 2.13. The molecular formula is C16H17ClN2O7S. The topological polar surface area (TPSA) is 175 Å². The average molecular weight is 417 g/mol. The zero-order chi connectivity index (χ0) is 18.8. The van der Waals surface area contributed by atoms with Gasteiger partial charge >= 0.3 is 0 Å². The van der Waals surface area contributed by atoms with Crippen molar-refractivity contribution in [3.05, 3.63) is 73.1 Å². The van der Waals surface area contributed by atoms with Gasteiger partial charge in [-0.1, -0.05) is 0 Å². The lowest BCUT2D eigenvalue weighted by Crippen LogP contribution is -2.29. The number of halogens is 1. The molecule has 0 spiro atoms. The molecule has 0 fully saturated rings. The molecule has 27 heavy (non-hydrogen) atoms. The van der Waals surface area contributed by atoms with Crippen molar-refractivity contribution >= 4 is 38.7 Å². The third kappa shape index (κ3) is 5.34. The lowest BCUT2D eigenvalue weighted by Gasteiger charge is -2.00. The minimum absolute atomic E-state index is 0. The summed E-state index contributed by atoms with van der Waals surface area (Å²) in [6.45, 7) is 0. The Bertz CT molecular complexity index is 1170. The quantitative estimate of drug-likeness (QED) is 0.284. The van der Waals surface area contributed by atoms with Crippen molar-refractivity contribution in [2.75, 3.05) is 11.7 Å². The van der Waals surface area contributed by atoms with E-state index in [-0.39, 0.29) is 34.4 Å². The molecule has 0 unspecified atom stereocenters. The van der Waals surface area contributed by atoms with E-state index >= 15 is 0 Å². The van der Waals surface area contributed by atoms with Crippen molar-refractivity contribution < 1.29 is 19.0 Å². The van der Waals surface area contributed by atoms with Gasteiger partial charge in [-0.05, 0) is 42.5 Å². The molecule has 0 atom stereocenters. The molecular weight excluding hydrogens is 400 g/mol. The fraction of sp³-hybridized carbons (Fsp3) is 0.0625. The van der Waals surface area contributed by atoms with E-state index in [1.54, 1.807) is 12.1 Å². The highest BCUT2D eigenvalue weighted by Gasteiger charge is 2.11. The van der Waals surface area contributed by atoms with Crippen molar-refractivity contribution in [3.8, 4) is 5.75 Å². The fourth-order valence-corrected chi connectivity index (χ4v) is 2.69. The third-order valence-corrected chi connectivity index (χ3v) is 4.48. The molecule has 0 aliphatic carbocycles. The van der Waals surface area contributed by atoms with E-state index in [9.17, 15) is 22.8 Å². The number of hydrazine groups is 1. The van der Waals surface area contributed by atoms with Gasteiger partial charge in [0.2, 0.25) is 10.9 Å². The van der Waals surface area contributed by atoms with Gasteiger partial charge in [0.1, 0.15) is 5.75 Å². The monoisotopic (exact) mass is 416 g/mol. The Kier molecular flexibility index (Phi) is 8.28. The minimum Gasteiger partial charge on any atom is -0.508 e. The number of sulfone groups is 1. The molecule has 146 valence electrons. The Labute approximate surface area is 159 Å². The Morgan fingerprint density at radius 3 is 1.89 bits per heavy atom. The maximum Gasteiger partial charge on any atom is 0.273 e. The van der Waals surface area contributed by atoms with Gasteiger partial charge < -0.3 is 16.0 Å². The first-order chi connectivity index (χ1) is 11.6. The van der Waals surface area contributed by atoms with E-state index in [2.05, 4.69) is 5.43 Å². The summed E-state index contributed by atoms with van der Waals surface area (Å²) in [6, 6.07) is 9.89. The average Bonchev–Trinajstić information content (AvgIpc) is 2.79. The van der Waals surface area contributed by atoms with E-state index in [4.69, 9.17) is 10.9 Å². The second-order valence-corrected chi connectivity index (χ2v) is 7.17. The fourth-order valence-electron chi connectivity index (χ4n) is 2.06. The van der Waals surface area contributed by atoms with Crippen LogP contribution < -0.4 is 27.6 Å². The molecule has 6 N–H and O–H groups in total. The van der Waals surface area contributed by atoms with Gasteiger partial charge in [-0.2, -0.15) is 0 Å². The van der Waals surface area contributed by atoms with Gasteiger partial charge in [-0.25, -0.2) is 8.42 Å². The summed E-state index contributed by atoms with van der Waals surface area (Å²) in [5.74, 6) is 4.98. The summed E-state index contributed by atoms with van der Waals surface area (Å²) in [6.07, 6.45) is 1.16. The Balaban J connectivity index is 0.000000468. The van der Waals surface area contributed by atoms with Crippen molar-refractivity contribution in [1.29, 1.82) is 0 Å². The summed E-state index contributed by atoms with van der Waals surface area (Å²) >= 11 is 0. The number of rotatable bonds is 2. The maximum absolute atomic E-state index is 11.1. The van der Waals surface area contributed by atoms with Crippen LogP contribution in [0.4, 0.5) is 5.69 Å². The zero-order valence-electron chi connectivity index (χ0n) is 13.9. The largest absolute Gasteiger partial charge is 0.508 e. The van der Waals surface area contributed by atoms with Gasteiger partial charge in [0.05, 0.1) is 4.90 Å². The Morgan fingerprint density at radius 2 is 1.41 bits per heavy atom. The molecule has 3 aromatic rings. The van der Waals surface area contributed by atoms with Crippen LogP contribution in [0.1, 0.15) is 0 Å². The van der Waals surface area contributed by atoms with Crippen LogP contribution in [-0.4, -0.2) is 25.3 Å². The summed E-state index contributed by atoms with van der Waals surface area (Å²) in [4.78, 5) is 33.3. The van der Waals surface area contributed by atoms with Crippen LogP contribution in [0.15, 0.2) is 61.7 Å². The Morgan fingerprint density at radius 1 is 0.889 bits per heavy atom. The summed E-state index contributed by atoms with van der Waals surface area (Å²) in [5, 5.41) is 9.08. The molecule has 3 aromatic carbocycles. The van der Waals surface area contributed by atoms with Gasteiger partial charge in [-0.3, -0.25) is 20.2 Å². The smallest absolute Gasteiger partial charge is 0.273 e. The van der Waals surface area contributed by atoms with Gasteiger partial charge in [0.15, 0.2) is 9.84 Å². The Hall–Kier alpha value is -2.79. The molecule has 0 saturated heterocycles. The SMILES string of the molecule is CS(=O)(=O)c1ccc(NN)cc1.Cl.O.O=c1c(=O)c2ccc(O)cc2c1=O. The van der Waals surface area contributed by atoms with Crippen LogP contribution in [-0.2, 0) is 9.84 Å². The van der Waals surface area contributed by atoms with Crippen molar-refractivity contribution in [2.45, 2.75) is 4.90 Å². The van der Waals surface area contributed by atoms with Crippen LogP contribution in [0, 0.1) is 0 Å². The third-order valence-electron chi connectivity index (χ3n) is 3.35. The normalized spacial score (nSPS) is 10.1. The van der Waals surface area contributed by atoms with E-state index < -0.39 is 26.1 Å². The molecule has 3 rings (SSSR count). The number of nitrogens with one attached hydrogen (secondary N) is 1. The van der Waals surface area contributed by atoms with Crippen molar-refractivity contribution in [2.24, 2.45) is 5.84 Å². The predicted molar refractivity (Wildman–Crippen MR) is 105 cm³/mol. The summed E-state index contributed by atoms with van der Waals surface area (Å²) < 4.78 is 22.0. The number of hydrogen-bond acceptors (Lipinski definition) is 8. The molecule has 9 nitrogen and oxygen atoms in total. The molecule has 11 heteroatoms. The summed E-state index contributed by atoms with van der Waals surface area (Å²) in [5.41, 5.74) is 0.438. The second-order valence-electron chi connectivity index (χ2n) is 5.16. The first-order valence-electron chi connectivity index (χ1n) is 6.88. The molecule has 0 radical (unpaired) electrons. The highest BCUT2D eigenvalue weighted by atomic mass is 35.5. The number of benzene rings is 2. The van der Waals surface area contributed by atoms with E-state index in [1.165, 1.54) is 24.3 Å². The van der Waals surface area contributed by atoms with Crippen LogP contribution in [0.5, 0.6) is 5.75 Å². The highest BCUT2D eigenvalue weighted by molar-refractivity contribution is 7.90. The number of hydrogen-bond donors (Lipinski definition) is 3. The number of nitrogen functional groups attached to an aromatic ring is 1. The molecule has 0 saturated carbocycles. The second kappa shape index (κ2) is 9.24. The van der Waals surface area contributed by atoms with Gasteiger partial charge in [0.25, 0.3) is 5.43 Å². The van der Waals surface area contributed by atoms with Crippen LogP contribution in [0.25, 0.3) is 10.8 Å². The molecule has 0 aromatic heterocycles. The molecule has 0 aliphatic rings. The summed E-state index contributed by atoms with van der Waals surface area (Å²) in [7, 11) is -3.10. The number of phenols is 1. The number of anilines is 1. The number of aromatic hydroxyl groups is 1. The van der Waals surface area contributed by atoms with E-state index in [1.807, 2.05) is 0 Å². The molecule has 0 aliphatic heterocycles. The zero-order valence-corrected chi connectivity index (χ0v) is 15.6. The first kappa shape index (κ1) is 24.2. The van der Waals surface area contributed by atoms with Crippen molar-refractivity contribution in [1.82, 2.24) is 0 Å². The lowest BCUT2D eigenvalue weighted by molar-refractivity contribution is 0.476.